The van der Waals surface area contributed by atoms with E-state index in [1.807, 2.05) is 49.4 Å². The summed E-state index contributed by atoms with van der Waals surface area (Å²) in [6, 6.07) is 13.3. The Morgan fingerprint density at radius 3 is 2.38 bits per heavy atom. The second-order valence-corrected chi connectivity index (χ2v) is 4.50. The lowest BCUT2D eigenvalue weighted by Crippen LogP contribution is -1.90. The minimum Gasteiger partial charge on any atom is -0.457 e. The van der Waals surface area contributed by atoms with Gasteiger partial charge in [-0.1, -0.05) is 15.9 Å². The van der Waals surface area contributed by atoms with E-state index in [0.717, 1.165) is 27.2 Å². The van der Waals surface area contributed by atoms with E-state index in [0.29, 0.717) is 0 Å². The van der Waals surface area contributed by atoms with E-state index in [4.69, 9.17) is 10.5 Å². The SMILES string of the molecule is Cc1cc(N)ccc1Oc1ccc(Br)cc1. The molecule has 0 aliphatic rings. The molecule has 0 unspecified atom stereocenters. The molecule has 0 aromatic heterocycles. The van der Waals surface area contributed by atoms with Crippen LogP contribution in [0.25, 0.3) is 0 Å². The number of ether oxygens (including phenoxy) is 1. The zero-order valence-electron chi connectivity index (χ0n) is 8.91. The van der Waals surface area contributed by atoms with Gasteiger partial charge >= 0.3 is 0 Å². The molecule has 0 atom stereocenters. The quantitative estimate of drug-likeness (QED) is 0.838. The third kappa shape index (κ3) is 2.55. The van der Waals surface area contributed by atoms with Crippen molar-refractivity contribution in [3.05, 3.63) is 52.5 Å². The Kier molecular flexibility index (Phi) is 3.15. The highest BCUT2D eigenvalue weighted by Gasteiger charge is 2.01. The molecule has 0 bridgehead atoms. The Labute approximate surface area is 103 Å². The second kappa shape index (κ2) is 4.58. The molecule has 0 saturated heterocycles. The van der Waals surface area contributed by atoms with Crippen molar-refractivity contribution in [1.82, 2.24) is 0 Å². The van der Waals surface area contributed by atoms with E-state index in [9.17, 15) is 0 Å². The van der Waals surface area contributed by atoms with Crippen molar-refractivity contribution in [3.8, 4) is 11.5 Å². The van der Waals surface area contributed by atoms with Crippen molar-refractivity contribution in [1.29, 1.82) is 0 Å². The fourth-order valence-electron chi connectivity index (χ4n) is 1.42. The van der Waals surface area contributed by atoms with Gasteiger partial charge in [-0.15, -0.1) is 0 Å². The van der Waals surface area contributed by atoms with Gasteiger partial charge in [-0.2, -0.15) is 0 Å². The van der Waals surface area contributed by atoms with Crippen molar-refractivity contribution < 1.29 is 4.74 Å². The Balaban J connectivity index is 2.23. The molecule has 0 radical (unpaired) electrons. The lowest BCUT2D eigenvalue weighted by molar-refractivity contribution is 0.479. The zero-order chi connectivity index (χ0) is 11.5. The topological polar surface area (TPSA) is 35.2 Å². The minimum atomic E-state index is 0.751. The smallest absolute Gasteiger partial charge is 0.130 e. The van der Waals surface area contributed by atoms with Gasteiger partial charge < -0.3 is 10.5 Å². The lowest BCUT2D eigenvalue weighted by atomic mass is 10.2. The van der Waals surface area contributed by atoms with Crippen LogP contribution in [0.1, 0.15) is 5.56 Å². The number of benzene rings is 2. The van der Waals surface area contributed by atoms with Crippen LogP contribution in [0.15, 0.2) is 46.9 Å². The Morgan fingerprint density at radius 2 is 1.75 bits per heavy atom. The van der Waals surface area contributed by atoms with Gasteiger partial charge in [-0.05, 0) is 55.0 Å². The average Bonchev–Trinajstić information content (AvgIpc) is 2.25. The lowest BCUT2D eigenvalue weighted by Gasteiger charge is -2.09. The van der Waals surface area contributed by atoms with Crippen LogP contribution >= 0.6 is 15.9 Å². The van der Waals surface area contributed by atoms with Gasteiger partial charge in [0.25, 0.3) is 0 Å². The molecule has 0 fully saturated rings. The van der Waals surface area contributed by atoms with E-state index in [2.05, 4.69) is 15.9 Å². The van der Waals surface area contributed by atoms with Crippen molar-refractivity contribution in [3.63, 3.8) is 0 Å². The number of halogens is 1. The largest absolute Gasteiger partial charge is 0.457 e. The van der Waals surface area contributed by atoms with Crippen LogP contribution < -0.4 is 10.5 Å². The van der Waals surface area contributed by atoms with E-state index >= 15 is 0 Å². The van der Waals surface area contributed by atoms with Gasteiger partial charge in [0.15, 0.2) is 0 Å². The number of hydrogen-bond donors (Lipinski definition) is 1. The van der Waals surface area contributed by atoms with Gasteiger partial charge in [0.2, 0.25) is 0 Å². The molecule has 0 saturated carbocycles. The van der Waals surface area contributed by atoms with E-state index in [1.165, 1.54) is 0 Å². The molecule has 2 N–H and O–H groups in total. The summed E-state index contributed by atoms with van der Waals surface area (Å²) in [4.78, 5) is 0. The minimum absolute atomic E-state index is 0.751. The van der Waals surface area contributed by atoms with Crippen molar-refractivity contribution in [2.24, 2.45) is 0 Å². The summed E-state index contributed by atoms with van der Waals surface area (Å²) in [5.41, 5.74) is 7.46. The molecule has 82 valence electrons. The van der Waals surface area contributed by atoms with Crippen LogP contribution in [0.4, 0.5) is 5.69 Å². The molecule has 2 aromatic carbocycles. The molecule has 0 aliphatic heterocycles. The fourth-order valence-corrected chi connectivity index (χ4v) is 1.68. The average molecular weight is 278 g/mol. The maximum atomic E-state index is 5.74. The Morgan fingerprint density at radius 1 is 1.06 bits per heavy atom. The van der Waals surface area contributed by atoms with E-state index in [-0.39, 0.29) is 0 Å². The second-order valence-electron chi connectivity index (χ2n) is 3.58. The van der Waals surface area contributed by atoms with Crippen LogP contribution in [0.3, 0.4) is 0 Å². The van der Waals surface area contributed by atoms with Crippen LogP contribution in [0.2, 0.25) is 0 Å². The van der Waals surface area contributed by atoms with Crippen LogP contribution in [-0.4, -0.2) is 0 Å². The molecule has 16 heavy (non-hydrogen) atoms. The Hall–Kier alpha value is -1.48. The first kappa shape index (κ1) is 11.0. The highest BCUT2D eigenvalue weighted by atomic mass is 79.9. The number of rotatable bonds is 2. The predicted molar refractivity (Wildman–Crippen MR) is 69.8 cm³/mol. The maximum Gasteiger partial charge on any atom is 0.130 e. The summed E-state index contributed by atoms with van der Waals surface area (Å²) in [6.45, 7) is 1.98. The first-order chi connectivity index (χ1) is 7.65. The Bertz CT molecular complexity index is 494. The molecular weight excluding hydrogens is 266 g/mol. The third-order valence-electron chi connectivity index (χ3n) is 2.24. The van der Waals surface area contributed by atoms with Crippen LogP contribution in [0, 0.1) is 6.92 Å². The highest BCUT2D eigenvalue weighted by molar-refractivity contribution is 9.10. The monoisotopic (exact) mass is 277 g/mol. The molecule has 0 spiro atoms. The summed E-state index contributed by atoms with van der Waals surface area (Å²) >= 11 is 3.38. The fraction of sp³-hybridized carbons (Fsp3) is 0.0769. The molecule has 2 rings (SSSR count). The predicted octanol–water partition coefficient (Wildman–Crippen LogP) is 4.13. The van der Waals surface area contributed by atoms with Gasteiger partial charge in [-0.3, -0.25) is 0 Å². The number of nitrogens with two attached hydrogens (primary N) is 1. The number of hydrogen-bond acceptors (Lipinski definition) is 2. The zero-order valence-corrected chi connectivity index (χ0v) is 10.5. The molecule has 2 nitrogen and oxygen atoms in total. The van der Waals surface area contributed by atoms with Gasteiger partial charge in [0, 0.05) is 10.2 Å². The highest BCUT2D eigenvalue weighted by Crippen LogP contribution is 2.27. The van der Waals surface area contributed by atoms with Gasteiger partial charge in [0.05, 0.1) is 0 Å². The summed E-state index contributed by atoms with van der Waals surface area (Å²) in [7, 11) is 0. The van der Waals surface area contributed by atoms with E-state index in [1.54, 1.807) is 0 Å². The first-order valence-corrected chi connectivity index (χ1v) is 5.74. The summed E-state index contributed by atoms with van der Waals surface area (Å²) in [5, 5.41) is 0. The van der Waals surface area contributed by atoms with Gasteiger partial charge in [0.1, 0.15) is 11.5 Å². The molecule has 2 aromatic rings. The van der Waals surface area contributed by atoms with Crippen molar-refractivity contribution >= 4 is 21.6 Å². The molecule has 0 aliphatic carbocycles. The first-order valence-electron chi connectivity index (χ1n) is 4.95. The third-order valence-corrected chi connectivity index (χ3v) is 2.77. The number of aryl methyl sites for hydroxylation is 1. The molecule has 0 amide bonds. The maximum absolute atomic E-state index is 5.74. The van der Waals surface area contributed by atoms with Gasteiger partial charge in [-0.25, -0.2) is 0 Å². The summed E-state index contributed by atoms with van der Waals surface area (Å²) in [5.74, 6) is 1.65. The van der Waals surface area contributed by atoms with Crippen molar-refractivity contribution in [2.45, 2.75) is 6.92 Å². The summed E-state index contributed by atoms with van der Waals surface area (Å²) in [6.07, 6.45) is 0. The standard InChI is InChI=1S/C13H12BrNO/c1-9-8-11(15)4-7-13(9)16-12-5-2-10(14)3-6-12/h2-8H,15H2,1H3. The molecular formula is C13H12BrNO. The van der Waals surface area contributed by atoms with E-state index < -0.39 is 0 Å². The molecule has 3 heteroatoms. The van der Waals surface area contributed by atoms with Crippen molar-refractivity contribution in [2.75, 3.05) is 5.73 Å². The number of anilines is 1. The normalized spacial score (nSPS) is 10.1. The van der Waals surface area contributed by atoms with Crippen LogP contribution in [0.5, 0.6) is 11.5 Å². The van der Waals surface area contributed by atoms with Crippen LogP contribution in [-0.2, 0) is 0 Å². The molecule has 0 heterocycles. The number of nitrogen functional groups attached to an aromatic ring is 1. The summed E-state index contributed by atoms with van der Waals surface area (Å²) < 4.78 is 6.78.